The molecule has 182 valence electrons. The van der Waals surface area contributed by atoms with E-state index < -0.39 is 0 Å². The number of halogens is 1. The van der Waals surface area contributed by atoms with Crippen LogP contribution in [0.5, 0.6) is 0 Å². The number of H-pyrrole nitrogens is 1. The number of nitrogens with one attached hydrogen (secondary N) is 2. The first kappa shape index (κ1) is 23.6. The van der Waals surface area contributed by atoms with Crippen molar-refractivity contribution in [2.45, 2.75) is 70.8 Å². The van der Waals surface area contributed by atoms with Gasteiger partial charge in [-0.2, -0.15) is 0 Å². The highest BCUT2D eigenvalue weighted by Gasteiger charge is 2.26. The number of aromatic amines is 1. The van der Waals surface area contributed by atoms with Gasteiger partial charge >= 0.3 is 0 Å². The van der Waals surface area contributed by atoms with Crippen molar-refractivity contribution in [3.8, 4) is 11.4 Å². The molecule has 35 heavy (non-hydrogen) atoms. The largest absolute Gasteiger partial charge is 0.382 e. The number of anilines is 1. The Balaban J connectivity index is 1.39. The van der Waals surface area contributed by atoms with Gasteiger partial charge < -0.3 is 5.32 Å². The molecule has 0 radical (unpaired) electrons. The van der Waals surface area contributed by atoms with Gasteiger partial charge in [-0.1, -0.05) is 56.6 Å². The molecule has 5 rings (SSSR count). The summed E-state index contributed by atoms with van der Waals surface area (Å²) in [5, 5.41) is 7.35. The van der Waals surface area contributed by atoms with E-state index in [0.29, 0.717) is 17.5 Å². The highest BCUT2D eigenvalue weighted by Crippen LogP contribution is 2.34. The Morgan fingerprint density at radius 3 is 2.37 bits per heavy atom. The van der Waals surface area contributed by atoms with Crippen LogP contribution in [0.2, 0.25) is 5.02 Å². The minimum Gasteiger partial charge on any atom is -0.382 e. The second-order valence-electron chi connectivity index (χ2n) is 10.7. The Morgan fingerprint density at radius 2 is 1.71 bits per heavy atom. The van der Waals surface area contributed by atoms with Gasteiger partial charge in [-0.05, 0) is 67.3 Å². The molecule has 2 aromatic carbocycles. The lowest BCUT2D eigenvalue weighted by atomic mass is 9.85. The van der Waals surface area contributed by atoms with Gasteiger partial charge in [0.1, 0.15) is 5.82 Å². The van der Waals surface area contributed by atoms with Crippen molar-refractivity contribution in [2.75, 3.05) is 5.32 Å². The number of rotatable bonds is 4. The van der Waals surface area contributed by atoms with Crippen LogP contribution in [-0.4, -0.2) is 25.6 Å². The smallest absolute Gasteiger partial charge is 0.266 e. The van der Waals surface area contributed by atoms with Gasteiger partial charge in [0.15, 0.2) is 11.5 Å². The Morgan fingerprint density at radius 1 is 1.00 bits per heavy atom. The van der Waals surface area contributed by atoms with Gasteiger partial charge in [0.05, 0.1) is 0 Å². The zero-order valence-electron chi connectivity index (χ0n) is 20.7. The van der Waals surface area contributed by atoms with E-state index >= 15 is 0 Å². The fourth-order valence-electron chi connectivity index (χ4n) is 4.92. The molecule has 0 spiro atoms. The minimum atomic E-state index is -0.158. The quantitative estimate of drug-likeness (QED) is 0.344. The van der Waals surface area contributed by atoms with Crippen molar-refractivity contribution >= 4 is 22.9 Å². The Bertz CT molecular complexity index is 1410. The second-order valence-corrected chi connectivity index (χ2v) is 11.1. The summed E-state index contributed by atoms with van der Waals surface area (Å²) in [4.78, 5) is 21.8. The van der Waals surface area contributed by atoms with Crippen LogP contribution >= 0.6 is 11.6 Å². The number of hydrogen-bond donors (Lipinski definition) is 2. The highest BCUT2D eigenvalue weighted by atomic mass is 35.5. The van der Waals surface area contributed by atoms with Gasteiger partial charge in [0.25, 0.3) is 5.56 Å². The minimum absolute atomic E-state index is 0.0832. The van der Waals surface area contributed by atoms with E-state index in [4.69, 9.17) is 21.6 Å². The molecular weight excluding hydrogens is 458 g/mol. The lowest BCUT2D eigenvalue weighted by molar-refractivity contribution is 0.394. The van der Waals surface area contributed by atoms with Crippen molar-refractivity contribution in [2.24, 2.45) is 0 Å². The molecule has 1 fully saturated rings. The van der Waals surface area contributed by atoms with Crippen LogP contribution in [0.1, 0.15) is 69.3 Å². The monoisotopic (exact) mass is 489 g/mol. The SMILES string of the molecule is Cc1cc(NC2CCC(c3nc(-c4ccc(C(C)(C)C)cc4)nc4cc(=O)[nH]n34)CC2)ccc1Cl. The predicted molar refractivity (Wildman–Crippen MR) is 143 cm³/mol. The lowest BCUT2D eigenvalue weighted by Crippen LogP contribution is -2.27. The molecule has 0 atom stereocenters. The first-order chi connectivity index (χ1) is 16.7. The van der Waals surface area contributed by atoms with Crippen LogP contribution in [0, 0.1) is 6.92 Å². The zero-order valence-corrected chi connectivity index (χ0v) is 21.5. The average molecular weight is 490 g/mol. The number of benzene rings is 2. The summed E-state index contributed by atoms with van der Waals surface area (Å²) in [7, 11) is 0. The molecule has 0 saturated heterocycles. The molecule has 4 aromatic rings. The maximum absolute atomic E-state index is 12.2. The van der Waals surface area contributed by atoms with Crippen LogP contribution in [0.4, 0.5) is 5.69 Å². The molecule has 1 aliphatic carbocycles. The average Bonchev–Trinajstić information content (AvgIpc) is 3.21. The van der Waals surface area contributed by atoms with E-state index in [1.54, 1.807) is 10.6 Å². The molecule has 0 bridgehead atoms. The van der Waals surface area contributed by atoms with Crippen LogP contribution in [0.3, 0.4) is 0 Å². The molecule has 7 heteroatoms. The van der Waals surface area contributed by atoms with Crippen molar-refractivity contribution in [3.63, 3.8) is 0 Å². The van der Waals surface area contributed by atoms with Crippen LogP contribution in [-0.2, 0) is 5.41 Å². The summed E-state index contributed by atoms with van der Waals surface area (Å²) in [6.07, 6.45) is 4.02. The molecule has 0 unspecified atom stereocenters. The third kappa shape index (κ3) is 4.98. The Kier molecular flexibility index (Phi) is 6.18. The summed E-state index contributed by atoms with van der Waals surface area (Å²) < 4.78 is 1.77. The number of hydrogen-bond acceptors (Lipinski definition) is 4. The maximum atomic E-state index is 12.2. The lowest BCUT2D eigenvalue weighted by Gasteiger charge is -2.30. The predicted octanol–water partition coefficient (Wildman–Crippen LogP) is 6.48. The Hall–Kier alpha value is -3.12. The first-order valence-corrected chi connectivity index (χ1v) is 12.7. The van der Waals surface area contributed by atoms with Crippen LogP contribution < -0.4 is 10.9 Å². The van der Waals surface area contributed by atoms with Crippen LogP contribution in [0.15, 0.2) is 53.3 Å². The van der Waals surface area contributed by atoms with E-state index in [1.807, 2.05) is 19.1 Å². The van der Waals surface area contributed by atoms with Gasteiger partial charge in [-0.3, -0.25) is 9.89 Å². The summed E-state index contributed by atoms with van der Waals surface area (Å²) >= 11 is 6.18. The first-order valence-electron chi connectivity index (χ1n) is 12.3. The van der Waals surface area contributed by atoms with Gasteiger partial charge in [-0.15, -0.1) is 0 Å². The molecule has 6 nitrogen and oxygen atoms in total. The topological polar surface area (TPSA) is 75.1 Å². The van der Waals surface area contributed by atoms with Gasteiger partial charge in [-0.25, -0.2) is 14.5 Å². The molecule has 2 heterocycles. The van der Waals surface area contributed by atoms with Crippen molar-refractivity contribution < 1.29 is 0 Å². The molecule has 1 saturated carbocycles. The normalized spacial score (nSPS) is 18.7. The molecule has 0 aliphatic heterocycles. The summed E-state index contributed by atoms with van der Waals surface area (Å²) in [5.41, 5.74) is 4.95. The molecule has 1 aliphatic rings. The van der Waals surface area contributed by atoms with E-state index in [9.17, 15) is 4.79 Å². The van der Waals surface area contributed by atoms with Crippen molar-refractivity contribution in [1.29, 1.82) is 0 Å². The zero-order chi connectivity index (χ0) is 24.7. The third-order valence-electron chi connectivity index (χ3n) is 7.01. The van der Waals surface area contributed by atoms with Crippen molar-refractivity contribution in [1.82, 2.24) is 19.6 Å². The third-order valence-corrected chi connectivity index (χ3v) is 7.44. The number of aromatic nitrogens is 4. The van der Waals surface area contributed by atoms with Gasteiger partial charge in [0, 0.05) is 34.3 Å². The number of nitrogens with zero attached hydrogens (tertiary/aromatic N) is 3. The van der Waals surface area contributed by atoms with Crippen molar-refractivity contribution in [3.05, 3.63) is 80.9 Å². The highest BCUT2D eigenvalue weighted by molar-refractivity contribution is 6.31. The molecular formula is C28H32ClN5O. The van der Waals surface area contributed by atoms with Gasteiger partial charge in [0.2, 0.25) is 0 Å². The fourth-order valence-corrected chi connectivity index (χ4v) is 5.04. The van der Waals surface area contributed by atoms with Crippen LogP contribution in [0.25, 0.3) is 17.0 Å². The standard InChI is InChI=1S/C28H32ClN5O/c1-17-15-22(13-14-23(17)29)30-21-11-7-19(8-12-21)27-32-26(31-24-16-25(35)33-34(24)27)18-5-9-20(10-6-18)28(2,3)4/h5-6,9-10,13-16,19,21,30H,7-8,11-12H2,1-4H3,(H,33,35). The fraction of sp³-hybridized carbons (Fsp3) is 0.393. The summed E-state index contributed by atoms with van der Waals surface area (Å²) in [6.45, 7) is 8.63. The van der Waals surface area contributed by atoms with E-state index in [2.05, 4.69) is 61.5 Å². The molecule has 2 aromatic heterocycles. The number of fused-ring (bicyclic) bond motifs is 1. The Labute approximate surface area is 210 Å². The number of aryl methyl sites for hydroxylation is 1. The van der Waals surface area contributed by atoms with E-state index in [-0.39, 0.29) is 16.9 Å². The summed E-state index contributed by atoms with van der Waals surface area (Å²) in [5.74, 6) is 1.80. The van der Waals surface area contributed by atoms with E-state index in [1.165, 1.54) is 5.56 Å². The summed E-state index contributed by atoms with van der Waals surface area (Å²) in [6, 6.07) is 16.5. The van der Waals surface area contributed by atoms with E-state index in [0.717, 1.165) is 53.3 Å². The second kappa shape index (κ2) is 9.15. The maximum Gasteiger partial charge on any atom is 0.266 e. The molecule has 2 N–H and O–H groups in total. The molecule has 0 amide bonds.